The molecule has 2 fully saturated rings. The monoisotopic (exact) mass is 420 g/mol. The molecule has 0 amide bonds. The summed E-state index contributed by atoms with van der Waals surface area (Å²) >= 11 is 0. The molecule has 2 aliphatic heterocycles. The van der Waals surface area contributed by atoms with Gasteiger partial charge in [0.1, 0.15) is 36.9 Å². The Hall–Kier alpha value is -2.56. The van der Waals surface area contributed by atoms with Gasteiger partial charge in [0.05, 0.1) is 13.2 Å². The smallest absolute Gasteiger partial charge is 0.122 e. The molecule has 0 aromatic heterocycles. The summed E-state index contributed by atoms with van der Waals surface area (Å²) < 4.78 is 22.4. The average molecular weight is 421 g/mol. The first-order valence-electron chi connectivity index (χ1n) is 11.0. The zero-order valence-corrected chi connectivity index (χ0v) is 18.6. The van der Waals surface area contributed by atoms with Crippen molar-refractivity contribution >= 4 is 0 Å². The fourth-order valence-electron chi connectivity index (χ4n) is 3.87. The molecule has 164 valence electrons. The predicted octanol–water partition coefficient (Wildman–Crippen LogP) is 5.02. The second kappa shape index (κ2) is 9.29. The SMILES string of the molecule is C=CCc1cc(C(C)(C)c2ccc(OCC3CO3)cc2CC=C)ccc1OCC1CO1. The minimum atomic E-state index is -0.190. The Morgan fingerprint density at radius 1 is 0.903 bits per heavy atom. The van der Waals surface area contributed by atoms with E-state index in [2.05, 4.69) is 63.4 Å². The lowest BCUT2D eigenvalue weighted by molar-refractivity contribution is 0.261. The number of hydrogen-bond acceptors (Lipinski definition) is 4. The van der Waals surface area contributed by atoms with E-state index >= 15 is 0 Å². The molecule has 0 radical (unpaired) electrons. The highest BCUT2D eigenvalue weighted by atomic mass is 16.6. The minimum absolute atomic E-state index is 0.190. The van der Waals surface area contributed by atoms with Crippen molar-refractivity contribution < 1.29 is 18.9 Å². The van der Waals surface area contributed by atoms with Crippen molar-refractivity contribution in [2.24, 2.45) is 0 Å². The zero-order valence-electron chi connectivity index (χ0n) is 18.6. The molecule has 2 saturated heterocycles. The number of rotatable bonds is 12. The van der Waals surface area contributed by atoms with Crippen LogP contribution in [0, 0.1) is 0 Å². The van der Waals surface area contributed by atoms with Gasteiger partial charge in [-0.1, -0.05) is 44.2 Å². The summed E-state index contributed by atoms with van der Waals surface area (Å²) in [5.41, 5.74) is 4.70. The van der Waals surface area contributed by atoms with E-state index in [1.54, 1.807) is 0 Å². The highest BCUT2D eigenvalue weighted by Gasteiger charge is 2.28. The first-order valence-corrected chi connectivity index (χ1v) is 11.0. The highest BCUT2D eigenvalue weighted by Crippen LogP contribution is 2.38. The Labute approximate surface area is 185 Å². The maximum atomic E-state index is 6.00. The van der Waals surface area contributed by atoms with Crippen molar-refractivity contribution in [1.29, 1.82) is 0 Å². The van der Waals surface area contributed by atoms with Crippen LogP contribution in [-0.2, 0) is 27.7 Å². The number of hydrogen-bond donors (Lipinski definition) is 0. The first-order chi connectivity index (χ1) is 15.0. The maximum absolute atomic E-state index is 6.00. The molecule has 4 heteroatoms. The van der Waals surface area contributed by atoms with Crippen molar-refractivity contribution in [3.63, 3.8) is 0 Å². The van der Waals surface area contributed by atoms with E-state index in [1.807, 2.05) is 12.2 Å². The summed E-state index contributed by atoms with van der Waals surface area (Å²) in [4.78, 5) is 0. The molecular formula is C27H32O4. The summed E-state index contributed by atoms with van der Waals surface area (Å²) in [6.45, 7) is 15.2. The molecule has 2 aliphatic rings. The summed E-state index contributed by atoms with van der Waals surface area (Å²) in [5, 5.41) is 0. The summed E-state index contributed by atoms with van der Waals surface area (Å²) in [6, 6.07) is 12.9. The van der Waals surface area contributed by atoms with Crippen LogP contribution in [0.5, 0.6) is 11.5 Å². The highest BCUT2D eigenvalue weighted by molar-refractivity contribution is 5.49. The van der Waals surface area contributed by atoms with E-state index in [0.29, 0.717) is 13.2 Å². The summed E-state index contributed by atoms with van der Waals surface area (Å²) in [5.74, 6) is 1.79. The van der Waals surface area contributed by atoms with E-state index in [4.69, 9.17) is 18.9 Å². The van der Waals surface area contributed by atoms with Gasteiger partial charge in [0, 0.05) is 5.41 Å². The van der Waals surface area contributed by atoms with E-state index in [-0.39, 0.29) is 17.6 Å². The van der Waals surface area contributed by atoms with Gasteiger partial charge in [-0.25, -0.2) is 0 Å². The molecule has 0 saturated carbocycles. The minimum Gasteiger partial charge on any atom is -0.491 e. The Morgan fingerprint density at radius 3 is 2.19 bits per heavy atom. The van der Waals surface area contributed by atoms with Crippen LogP contribution in [0.1, 0.15) is 36.1 Å². The molecule has 0 N–H and O–H groups in total. The van der Waals surface area contributed by atoms with Crippen LogP contribution in [0.3, 0.4) is 0 Å². The molecule has 2 aromatic rings. The summed E-state index contributed by atoms with van der Waals surface area (Å²) in [6.07, 6.45) is 5.91. The van der Waals surface area contributed by atoms with Crippen LogP contribution in [0.2, 0.25) is 0 Å². The predicted molar refractivity (Wildman–Crippen MR) is 123 cm³/mol. The van der Waals surface area contributed by atoms with Crippen LogP contribution < -0.4 is 9.47 Å². The second-order valence-corrected chi connectivity index (χ2v) is 8.78. The van der Waals surface area contributed by atoms with Crippen molar-refractivity contribution in [2.75, 3.05) is 26.4 Å². The lowest BCUT2D eigenvalue weighted by Gasteiger charge is -2.30. The number of ether oxygens (including phenoxy) is 4. The Bertz CT molecular complexity index is 938. The quantitative estimate of drug-likeness (QED) is 0.357. The van der Waals surface area contributed by atoms with Crippen LogP contribution >= 0.6 is 0 Å². The Balaban J connectivity index is 1.61. The molecule has 0 bridgehead atoms. The number of allylic oxidation sites excluding steroid dienone is 2. The van der Waals surface area contributed by atoms with Gasteiger partial charge in [0.2, 0.25) is 0 Å². The molecule has 2 heterocycles. The molecule has 4 nitrogen and oxygen atoms in total. The van der Waals surface area contributed by atoms with Crippen LogP contribution in [0.25, 0.3) is 0 Å². The van der Waals surface area contributed by atoms with E-state index in [9.17, 15) is 0 Å². The third kappa shape index (κ3) is 5.38. The fraction of sp³-hybridized carbons (Fsp3) is 0.407. The second-order valence-electron chi connectivity index (χ2n) is 8.78. The Kier molecular flexibility index (Phi) is 6.49. The molecule has 2 aromatic carbocycles. The first kappa shape index (κ1) is 21.7. The lowest BCUT2D eigenvalue weighted by atomic mass is 9.75. The van der Waals surface area contributed by atoms with Crippen LogP contribution in [0.4, 0.5) is 0 Å². The van der Waals surface area contributed by atoms with Gasteiger partial charge in [-0.05, 0) is 53.3 Å². The van der Waals surface area contributed by atoms with Crippen molar-refractivity contribution in [1.82, 2.24) is 0 Å². The average Bonchev–Trinajstić information content (AvgIpc) is 3.67. The van der Waals surface area contributed by atoms with Crippen LogP contribution in [-0.4, -0.2) is 38.6 Å². The number of epoxide rings is 2. The molecule has 0 aliphatic carbocycles. The standard InChI is InChI=1S/C27H32O4/c1-5-7-19-14-22(28-15-23-16-29-23)10-11-25(19)27(3,4)21-9-12-26(20(13-21)8-6-2)31-18-24-17-30-24/h5-6,9-14,23-24H,1-2,7-8,15-18H2,3-4H3. The molecule has 31 heavy (non-hydrogen) atoms. The Morgan fingerprint density at radius 2 is 1.55 bits per heavy atom. The zero-order chi connectivity index (χ0) is 21.8. The molecule has 2 atom stereocenters. The maximum Gasteiger partial charge on any atom is 0.122 e. The van der Waals surface area contributed by atoms with Gasteiger partial charge >= 0.3 is 0 Å². The van der Waals surface area contributed by atoms with E-state index < -0.39 is 0 Å². The lowest BCUT2D eigenvalue weighted by Crippen LogP contribution is -2.21. The van der Waals surface area contributed by atoms with Gasteiger partial charge < -0.3 is 18.9 Å². The van der Waals surface area contributed by atoms with Crippen molar-refractivity contribution in [2.45, 2.75) is 44.3 Å². The molecule has 2 unspecified atom stereocenters. The third-order valence-electron chi connectivity index (χ3n) is 5.93. The van der Waals surface area contributed by atoms with Gasteiger partial charge in [-0.15, -0.1) is 13.2 Å². The van der Waals surface area contributed by atoms with Gasteiger partial charge in [0.15, 0.2) is 0 Å². The van der Waals surface area contributed by atoms with E-state index in [0.717, 1.165) is 43.1 Å². The van der Waals surface area contributed by atoms with Crippen molar-refractivity contribution in [3.05, 3.63) is 84.0 Å². The van der Waals surface area contributed by atoms with Crippen LogP contribution in [0.15, 0.2) is 61.7 Å². The fourth-order valence-corrected chi connectivity index (χ4v) is 3.87. The summed E-state index contributed by atoms with van der Waals surface area (Å²) in [7, 11) is 0. The largest absolute Gasteiger partial charge is 0.491 e. The molecule has 0 spiro atoms. The molecular weight excluding hydrogens is 388 g/mol. The van der Waals surface area contributed by atoms with E-state index in [1.165, 1.54) is 16.7 Å². The van der Waals surface area contributed by atoms with Gasteiger partial charge in [0.25, 0.3) is 0 Å². The normalized spacial score (nSPS) is 19.5. The topological polar surface area (TPSA) is 43.5 Å². The third-order valence-corrected chi connectivity index (χ3v) is 5.93. The van der Waals surface area contributed by atoms with Gasteiger partial charge in [-0.3, -0.25) is 0 Å². The number of benzene rings is 2. The van der Waals surface area contributed by atoms with Crippen molar-refractivity contribution in [3.8, 4) is 11.5 Å². The van der Waals surface area contributed by atoms with Gasteiger partial charge in [-0.2, -0.15) is 0 Å². The molecule has 4 rings (SSSR count).